The molecule has 0 aliphatic rings. The molecule has 0 saturated carbocycles. The molecule has 1 heterocycles. The van der Waals surface area contributed by atoms with Gasteiger partial charge in [0.1, 0.15) is 5.82 Å². The number of rotatable bonds is 5. The van der Waals surface area contributed by atoms with Crippen molar-refractivity contribution in [2.24, 2.45) is 5.73 Å². The fourth-order valence-electron chi connectivity index (χ4n) is 2.07. The van der Waals surface area contributed by atoms with Gasteiger partial charge in [-0.25, -0.2) is 4.39 Å². The van der Waals surface area contributed by atoms with Crippen molar-refractivity contribution in [2.75, 3.05) is 13.6 Å². The number of hydrogen-bond acceptors (Lipinski definition) is 3. The second-order valence-electron chi connectivity index (χ2n) is 4.32. The molecule has 2 N–H and O–H groups in total. The highest BCUT2D eigenvalue weighted by Crippen LogP contribution is 2.23. The fraction of sp³-hybridized carbons (Fsp3) is 0.286. The standard InChI is InChI=1S/C14H17FN2S/c1-17(9-11-6-7-18-10-11)14(8-16)12-4-2-3-5-13(12)15/h2-7,10,14H,8-9,16H2,1H3. The summed E-state index contributed by atoms with van der Waals surface area (Å²) in [5.74, 6) is -0.190. The van der Waals surface area contributed by atoms with Gasteiger partial charge in [0, 0.05) is 24.7 Å². The lowest BCUT2D eigenvalue weighted by atomic mass is 10.0. The first-order valence-electron chi connectivity index (χ1n) is 5.88. The first-order chi connectivity index (χ1) is 8.72. The predicted octanol–water partition coefficient (Wildman–Crippen LogP) is 3.02. The Morgan fingerprint density at radius 1 is 1.33 bits per heavy atom. The van der Waals surface area contributed by atoms with Crippen LogP contribution in [0, 0.1) is 5.82 Å². The predicted molar refractivity (Wildman–Crippen MR) is 74.0 cm³/mol. The van der Waals surface area contributed by atoms with E-state index in [0.29, 0.717) is 12.1 Å². The Hall–Kier alpha value is -1.23. The van der Waals surface area contributed by atoms with Crippen LogP contribution < -0.4 is 5.73 Å². The van der Waals surface area contributed by atoms with E-state index in [0.717, 1.165) is 6.54 Å². The molecule has 1 aromatic carbocycles. The largest absolute Gasteiger partial charge is 0.329 e. The monoisotopic (exact) mass is 264 g/mol. The van der Waals surface area contributed by atoms with Crippen molar-refractivity contribution in [3.63, 3.8) is 0 Å². The zero-order valence-electron chi connectivity index (χ0n) is 10.3. The van der Waals surface area contributed by atoms with Crippen LogP contribution in [0.3, 0.4) is 0 Å². The van der Waals surface area contributed by atoms with Crippen LogP contribution in [-0.4, -0.2) is 18.5 Å². The van der Waals surface area contributed by atoms with Crippen LogP contribution in [0.1, 0.15) is 17.2 Å². The molecule has 0 saturated heterocycles. The third kappa shape index (κ3) is 2.96. The summed E-state index contributed by atoms with van der Waals surface area (Å²) in [6.45, 7) is 1.18. The van der Waals surface area contributed by atoms with Gasteiger partial charge in [-0.1, -0.05) is 18.2 Å². The van der Waals surface area contributed by atoms with Crippen LogP contribution in [0.5, 0.6) is 0 Å². The summed E-state index contributed by atoms with van der Waals surface area (Å²) >= 11 is 1.67. The SMILES string of the molecule is CN(Cc1ccsc1)C(CN)c1ccccc1F. The number of halogens is 1. The van der Waals surface area contributed by atoms with Crippen molar-refractivity contribution in [3.05, 3.63) is 58.0 Å². The van der Waals surface area contributed by atoms with Crippen LogP contribution >= 0.6 is 11.3 Å². The first kappa shape index (κ1) is 13.2. The average Bonchev–Trinajstić information content (AvgIpc) is 2.85. The molecule has 18 heavy (non-hydrogen) atoms. The van der Waals surface area contributed by atoms with E-state index < -0.39 is 0 Å². The highest BCUT2D eigenvalue weighted by Gasteiger charge is 2.18. The molecule has 0 bridgehead atoms. The molecule has 4 heteroatoms. The second kappa shape index (κ2) is 6.09. The molecule has 0 amide bonds. The molecule has 96 valence electrons. The first-order valence-corrected chi connectivity index (χ1v) is 6.82. The highest BCUT2D eigenvalue weighted by molar-refractivity contribution is 7.07. The molecule has 2 nitrogen and oxygen atoms in total. The van der Waals surface area contributed by atoms with Crippen LogP contribution in [0.25, 0.3) is 0 Å². The molecular formula is C14H17FN2S. The van der Waals surface area contributed by atoms with E-state index in [-0.39, 0.29) is 11.9 Å². The van der Waals surface area contributed by atoms with Crippen molar-refractivity contribution in [1.29, 1.82) is 0 Å². The topological polar surface area (TPSA) is 29.3 Å². The summed E-state index contributed by atoms with van der Waals surface area (Å²) in [7, 11) is 1.97. The van der Waals surface area contributed by atoms with Gasteiger partial charge in [-0.3, -0.25) is 4.90 Å². The number of likely N-dealkylation sites (N-methyl/N-ethyl adjacent to an activating group) is 1. The zero-order chi connectivity index (χ0) is 13.0. The summed E-state index contributed by atoms with van der Waals surface area (Å²) in [6.07, 6.45) is 0. The quantitative estimate of drug-likeness (QED) is 0.899. The minimum Gasteiger partial charge on any atom is -0.329 e. The third-order valence-electron chi connectivity index (χ3n) is 3.03. The number of hydrogen-bond donors (Lipinski definition) is 1. The minimum atomic E-state index is -0.190. The van der Waals surface area contributed by atoms with Gasteiger partial charge >= 0.3 is 0 Å². The molecule has 1 unspecified atom stereocenters. The van der Waals surface area contributed by atoms with Gasteiger partial charge in [0.25, 0.3) is 0 Å². The summed E-state index contributed by atoms with van der Waals surface area (Å²) in [5, 5.41) is 4.15. The molecule has 1 aromatic heterocycles. The van der Waals surface area contributed by atoms with Gasteiger partial charge in [0.15, 0.2) is 0 Å². The number of benzene rings is 1. The van der Waals surface area contributed by atoms with Crippen LogP contribution in [0.4, 0.5) is 4.39 Å². The molecular weight excluding hydrogens is 247 g/mol. The lowest BCUT2D eigenvalue weighted by molar-refractivity contribution is 0.237. The lowest BCUT2D eigenvalue weighted by Gasteiger charge is -2.27. The van der Waals surface area contributed by atoms with Crippen molar-refractivity contribution in [1.82, 2.24) is 4.90 Å². The lowest BCUT2D eigenvalue weighted by Crippen LogP contribution is -2.30. The molecule has 0 fully saturated rings. The molecule has 2 aromatic rings. The van der Waals surface area contributed by atoms with Crippen molar-refractivity contribution in [2.45, 2.75) is 12.6 Å². The normalized spacial score (nSPS) is 12.9. The maximum atomic E-state index is 13.8. The molecule has 0 aliphatic heterocycles. The summed E-state index contributed by atoms with van der Waals surface area (Å²) in [6, 6.07) is 8.82. The van der Waals surface area contributed by atoms with E-state index in [1.54, 1.807) is 23.5 Å². The number of nitrogens with zero attached hydrogens (tertiary/aromatic N) is 1. The number of nitrogens with two attached hydrogens (primary N) is 1. The van der Waals surface area contributed by atoms with Gasteiger partial charge in [0.05, 0.1) is 0 Å². The van der Waals surface area contributed by atoms with E-state index in [2.05, 4.69) is 16.3 Å². The Bertz CT molecular complexity index is 484. The molecule has 0 radical (unpaired) electrons. The third-order valence-corrected chi connectivity index (χ3v) is 3.76. The van der Waals surface area contributed by atoms with E-state index in [9.17, 15) is 4.39 Å². The summed E-state index contributed by atoms with van der Waals surface area (Å²) in [5.41, 5.74) is 7.70. The summed E-state index contributed by atoms with van der Waals surface area (Å²) < 4.78 is 13.8. The Labute approximate surface area is 111 Å². The maximum Gasteiger partial charge on any atom is 0.128 e. The fourth-order valence-corrected chi connectivity index (χ4v) is 2.73. The van der Waals surface area contributed by atoms with E-state index >= 15 is 0 Å². The molecule has 1 atom stereocenters. The molecule has 0 spiro atoms. The zero-order valence-corrected chi connectivity index (χ0v) is 11.2. The van der Waals surface area contributed by atoms with Gasteiger partial charge in [-0.15, -0.1) is 0 Å². The van der Waals surface area contributed by atoms with Gasteiger partial charge in [-0.2, -0.15) is 11.3 Å². The highest BCUT2D eigenvalue weighted by atomic mass is 32.1. The second-order valence-corrected chi connectivity index (χ2v) is 5.10. The van der Waals surface area contributed by atoms with Crippen LogP contribution in [0.2, 0.25) is 0 Å². The van der Waals surface area contributed by atoms with Crippen LogP contribution in [-0.2, 0) is 6.54 Å². The maximum absolute atomic E-state index is 13.8. The van der Waals surface area contributed by atoms with E-state index in [1.165, 1.54) is 11.6 Å². The van der Waals surface area contributed by atoms with Gasteiger partial charge in [-0.05, 0) is 35.5 Å². The number of thiophene rings is 1. The Balaban J connectivity index is 2.16. The molecule has 2 rings (SSSR count). The average molecular weight is 264 g/mol. The molecule has 0 aliphatic carbocycles. The van der Waals surface area contributed by atoms with Gasteiger partial charge < -0.3 is 5.73 Å². The Morgan fingerprint density at radius 3 is 2.72 bits per heavy atom. The van der Waals surface area contributed by atoms with Crippen molar-refractivity contribution >= 4 is 11.3 Å². The van der Waals surface area contributed by atoms with Gasteiger partial charge in [0.2, 0.25) is 0 Å². The summed E-state index contributed by atoms with van der Waals surface area (Å²) in [4.78, 5) is 2.08. The Kier molecular flexibility index (Phi) is 4.47. The van der Waals surface area contributed by atoms with Crippen LogP contribution in [0.15, 0.2) is 41.1 Å². The minimum absolute atomic E-state index is 0.0916. The smallest absolute Gasteiger partial charge is 0.128 e. The van der Waals surface area contributed by atoms with E-state index in [4.69, 9.17) is 5.73 Å². The van der Waals surface area contributed by atoms with Crippen molar-refractivity contribution in [3.8, 4) is 0 Å². The Morgan fingerprint density at radius 2 is 2.11 bits per heavy atom. The van der Waals surface area contributed by atoms with E-state index in [1.807, 2.05) is 18.5 Å². The van der Waals surface area contributed by atoms with Crippen molar-refractivity contribution < 1.29 is 4.39 Å².